The molecule has 1 atom stereocenters. The Balaban J connectivity index is 1.73. The van der Waals surface area contributed by atoms with Gasteiger partial charge in [0.1, 0.15) is 5.60 Å². The summed E-state index contributed by atoms with van der Waals surface area (Å²) in [5.74, 6) is 0. The summed E-state index contributed by atoms with van der Waals surface area (Å²) >= 11 is 0. The number of nitrogens with zero attached hydrogens (tertiary/aromatic N) is 1. The lowest BCUT2D eigenvalue weighted by Crippen LogP contribution is -2.46. The Labute approximate surface area is 143 Å². The SMILES string of the molecule is OC1(c2ccccc2)CN(Cc2ccccc2)Cc2ccccc21. The number of hydrogen-bond donors (Lipinski definition) is 1. The van der Waals surface area contributed by atoms with E-state index in [0.717, 1.165) is 24.2 Å². The van der Waals surface area contributed by atoms with Crippen molar-refractivity contribution in [3.05, 3.63) is 107 Å². The van der Waals surface area contributed by atoms with Gasteiger partial charge in [-0.1, -0.05) is 84.9 Å². The van der Waals surface area contributed by atoms with Gasteiger partial charge < -0.3 is 5.11 Å². The summed E-state index contributed by atoms with van der Waals surface area (Å²) in [4.78, 5) is 2.32. The number of hydrogen-bond acceptors (Lipinski definition) is 2. The van der Waals surface area contributed by atoms with E-state index in [1.807, 2.05) is 42.5 Å². The predicted molar refractivity (Wildman–Crippen MR) is 96.4 cm³/mol. The summed E-state index contributed by atoms with van der Waals surface area (Å²) in [6, 6.07) is 28.7. The normalized spacial score (nSPS) is 20.5. The molecular weight excluding hydrogens is 294 g/mol. The zero-order valence-corrected chi connectivity index (χ0v) is 13.6. The molecule has 0 amide bonds. The van der Waals surface area contributed by atoms with E-state index in [4.69, 9.17) is 0 Å². The molecule has 1 aliphatic heterocycles. The van der Waals surface area contributed by atoms with Crippen molar-refractivity contribution in [3.8, 4) is 0 Å². The summed E-state index contributed by atoms with van der Waals surface area (Å²) in [6.45, 7) is 2.30. The molecule has 4 rings (SSSR count). The van der Waals surface area contributed by atoms with E-state index in [-0.39, 0.29) is 0 Å². The minimum absolute atomic E-state index is 0.600. The second kappa shape index (κ2) is 6.23. The van der Waals surface area contributed by atoms with Gasteiger partial charge in [-0.2, -0.15) is 0 Å². The van der Waals surface area contributed by atoms with Crippen molar-refractivity contribution in [1.29, 1.82) is 0 Å². The van der Waals surface area contributed by atoms with Gasteiger partial charge in [0, 0.05) is 19.6 Å². The van der Waals surface area contributed by atoms with Gasteiger partial charge in [0.2, 0.25) is 0 Å². The van der Waals surface area contributed by atoms with Crippen LogP contribution in [0.15, 0.2) is 84.9 Å². The van der Waals surface area contributed by atoms with Crippen LogP contribution >= 0.6 is 0 Å². The Kier molecular flexibility index (Phi) is 3.93. The van der Waals surface area contributed by atoms with Crippen LogP contribution in [0.1, 0.15) is 22.3 Å². The van der Waals surface area contributed by atoms with Crippen LogP contribution in [0.3, 0.4) is 0 Å². The van der Waals surface area contributed by atoms with Crippen LogP contribution in [0.4, 0.5) is 0 Å². The summed E-state index contributed by atoms with van der Waals surface area (Å²) < 4.78 is 0. The first-order chi connectivity index (χ1) is 11.8. The average Bonchev–Trinajstić information content (AvgIpc) is 2.63. The standard InChI is InChI=1S/C22H21NO/c24-22(20-12-5-2-6-13-20)17-23(15-18-9-3-1-4-10-18)16-19-11-7-8-14-21(19)22/h1-14,24H,15-17H2. The van der Waals surface area contributed by atoms with E-state index in [1.54, 1.807) is 0 Å². The lowest BCUT2D eigenvalue weighted by atomic mass is 9.80. The molecule has 0 spiro atoms. The zero-order valence-electron chi connectivity index (χ0n) is 13.6. The van der Waals surface area contributed by atoms with Gasteiger partial charge in [-0.15, -0.1) is 0 Å². The molecule has 0 bridgehead atoms. The molecule has 1 heterocycles. The van der Waals surface area contributed by atoms with E-state index >= 15 is 0 Å². The molecule has 0 fully saturated rings. The second-order valence-corrected chi connectivity index (χ2v) is 6.51. The molecule has 2 nitrogen and oxygen atoms in total. The fourth-order valence-corrected chi connectivity index (χ4v) is 3.68. The van der Waals surface area contributed by atoms with Crippen LogP contribution in [0.5, 0.6) is 0 Å². The second-order valence-electron chi connectivity index (χ2n) is 6.51. The van der Waals surface area contributed by atoms with Crippen molar-refractivity contribution in [1.82, 2.24) is 4.90 Å². The highest BCUT2D eigenvalue weighted by Gasteiger charge is 2.38. The quantitative estimate of drug-likeness (QED) is 0.791. The monoisotopic (exact) mass is 315 g/mol. The molecule has 3 aromatic rings. The Bertz CT molecular complexity index is 816. The van der Waals surface area contributed by atoms with Crippen LogP contribution in [0.2, 0.25) is 0 Å². The average molecular weight is 315 g/mol. The lowest BCUT2D eigenvalue weighted by Gasteiger charge is -2.41. The van der Waals surface area contributed by atoms with E-state index in [2.05, 4.69) is 47.4 Å². The molecule has 1 aliphatic rings. The number of aliphatic hydroxyl groups is 1. The van der Waals surface area contributed by atoms with Gasteiger partial charge in [0.15, 0.2) is 0 Å². The third-order valence-corrected chi connectivity index (χ3v) is 4.81. The summed E-state index contributed by atoms with van der Waals surface area (Å²) in [5, 5.41) is 11.6. The molecule has 0 aromatic heterocycles. The van der Waals surface area contributed by atoms with E-state index < -0.39 is 5.60 Å². The topological polar surface area (TPSA) is 23.5 Å². The van der Waals surface area contributed by atoms with Crippen LogP contribution in [0.25, 0.3) is 0 Å². The Morgan fingerprint density at radius 2 is 1.42 bits per heavy atom. The van der Waals surface area contributed by atoms with Crippen molar-refractivity contribution < 1.29 is 5.11 Å². The molecule has 0 saturated carbocycles. The van der Waals surface area contributed by atoms with Crippen molar-refractivity contribution in [2.75, 3.05) is 6.54 Å². The molecule has 120 valence electrons. The molecule has 3 aromatic carbocycles. The van der Waals surface area contributed by atoms with Crippen molar-refractivity contribution in [2.45, 2.75) is 18.7 Å². The van der Waals surface area contributed by atoms with Crippen molar-refractivity contribution in [3.63, 3.8) is 0 Å². The maximum atomic E-state index is 11.6. The fraction of sp³-hybridized carbons (Fsp3) is 0.182. The molecule has 1 unspecified atom stereocenters. The van der Waals surface area contributed by atoms with E-state index in [0.29, 0.717) is 6.54 Å². The van der Waals surface area contributed by atoms with Gasteiger partial charge in [-0.05, 0) is 22.3 Å². The third-order valence-electron chi connectivity index (χ3n) is 4.81. The molecule has 24 heavy (non-hydrogen) atoms. The maximum absolute atomic E-state index is 11.6. The van der Waals surface area contributed by atoms with Crippen LogP contribution < -0.4 is 0 Å². The fourth-order valence-electron chi connectivity index (χ4n) is 3.68. The van der Waals surface area contributed by atoms with E-state index in [1.165, 1.54) is 11.1 Å². The van der Waals surface area contributed by atoms with Gasteiger partial charge in [-0.3, -0.25) is 4.90 Å². The largest absolute Gasteiger partial charge is 0.379 e. The third kappa shape index (κ3) is 2.75. The van der Waals surface area contributed by atoms with Gasteiger partial charge >= 0.3 is 0 Å². The first-order valence-corrected chi connectivity index (χ1v) is 8.38. The number of benzene rings is 3. The summed E-state index contributed by atoms with van der Waals surface area (Å²) in [5.41, 5.74) is 3.49. The maximum Gasteiger partial charge on any atom is 0.128 e. The Hall–Kier alpha value is -2.42. The van der Waals surface area contributed by atoms with Crippen LogP contribution in [-0.2, 0) is 18.7 Å². The minimum atomic E-state index is -0.967. The number of rotatable bonds is 3. The summed E-state index contributed by atoms with van der Waals surface area (Å²) in [7, 11) is 0. The smallest absolute Gasteiger partial charge is 0.128 e. The highest BCUT2D eigenvalue weighted by Crippen LogP contribution is 2.37. The Morgan fingerprint density at radius 3 is 2.17 bits per heavy atom. The van der Waals surface area contributed by atoms with Crippen LogP contribution in [0, 0.1) is 0 Å². The summed E-state index contributed by atoms with van der Waals surface area (Å²) in [6.07, 6.45) is 0. The zero-order chi connectivity index (χ0) is 16.4. The predicted octanol–water partition coefficient (Wildman–Crippen LogP) is 3.94. The van der Waals surface area contributed by atoms with Gasteiger partial charge in [0.05, 0.1) is 0 Å². The molecule has 2 heteroatoms. The van der Waals surface area contributed by atoms with Crippen molar-refractivity contribution in [2.24, 2.45) is 0 Å². The molecular formula is C22H21NO. The number of β-amino-alcohol motifs (C(OH)–C–C–N with tert-alkyl or cyclic N) is 1. The number of fused-ring (bicyclic) bond motifs is 1. The van der Waals surface area contributed by atoms with Crippen molar-refractivity contribution >= 4 is 0 Å². The molecule has 0 saturated heterocycles. The first-order valence-electron chi connectivity index (χ1n) is 8.38. The molecule has 0 aliphatic carbocycles. The van der Waals surface area contributed by atoms with E-state index in [9.17, 15) is 5.11 Å². The van der Waals surface area contributed by atoms with Gasteiger partial charge in [-0.25, -0.2) is 0 Å². The molecule has 0 radical (unpaired) electrons. The first kappa shape index (κ1) is 15.1. The minimum Gasteiger partial charge on any atom is -0.379 e. The highest BCUT2D eigenvalue weighted by molar-refractivity contribution is 5.43. The lowest BCUT2D eigenvalue weighted by molar-refractivity contribution is 0.0154. The van der Waals surface area contributed by atoms with Crippen LogP contribution in [-0.4, -0.2) is 16.6 Å². The molecule has 1 N–H and O–H groups in total. The highest BCUT2D eigenvalue weighted by atomic mass is 16.3. The van der Waals surface area contributed by atoms with Gasteiger partial charge in [0.25, 0.3) is 0 Å². The Morgan fingerprint density at radius 1 is 0.792 bits per heavy atom.